The van der Waals surface area contributed by atoms with Gasteiger partial charge in [0.15, 0.2) is 17.2 Å². The van der Waals surface area contributed by atoms with Crippen LogP contribution in [0.25, 0.3) is 11.0 Å². The molecule has 2 aromatic rings. The summed E-state index contributed by atoms with van der Waals surface area (Å²) in [5.41, 5.74) is 0.742. The van der Waals surface area contributed by atoms with Crippen molar-refractivity contribution in [2.45, 2.75) is 32.8 Å². The monoisotopic (exact) mass is 279 g/mol. The first-order valence-electron chi connectivity index (χ1n) is 6.64. The highest BCUT2D eigenvalue weighted by Crippen LogP contribution is 2.27. The number of furan rings is 1. The molecule has 2 N–H and O–H groups in total. The van der Waals surface area contributed by atoms with E-state index in [1.54, 1.807) is 26.0 Å². The molecular formula is C15H18FNO3. The van der Waals surface area contributed by atoms with Crippen LogP contribution in [-0.2, 0) is 0 Å². The molecule has 0 fully saturated rings. The van der Waals surface area contributed by atoms with Gasteiger partial charge in [-0.25, -0.2) is 4.39 Å². The molecule has 0 aliphatic rings. The minimum Gasteiger partial charge on any atom is -0.448 e. The molecule has 1 unspecified atom stereocenters. The van der Waals surface area contributed by atoms with Crippen molar-refractivity contribution in [2.75, 3.05) is 6.54 Å². The number of carbonyl (C=O) groups is 1. The first kappa shape index (κ1) is 14.5. The summed E-state index contributed by atoms with van der Waals surface area (Å²) < 4.78 is 18.9. The Bertz CT molecular complexity index is 619. The van der Waals surface area contributed by atoms with Gasteiger partial charge < -0.3 is 14.8 Å². The maximum atomic E-state index is 13.6. The Morgan fingerprint density at radius 1 is 1.50 bits per heavy atom. The predicted molar refractivity (Wildman–Crippen MR) is 74.2 cm³/mol. The molecule has 0 aliphatic heterocycles. The summed E-state index contributed by atoms with van der Waals surface area (Å²) in [6.45, 7) is 3.88. The topological polar surface area (TPSA) is 62.5 Å². The third kappa shape index (κ3) is 2.99. The molecule has 1 atom stereocenters. The largest absolute Gasteiger partial charge is 0.448 e. The molecule has 4 nitrogen and oxygen atoms in total. The molecule has 0 spiro atoms. The summed E-state index contributed by atoms with van der Waals surface area (Å²) in [5, 5.41) is 12.5. The summed E-state index contributed by atoms with van der Waals surface area (Å²) in [7, 11) is 0. The number of hydrogen-bond acceptors (Lipinski definition) is 3. The van der Waals surface area contributed by atoms with Crippen LogP contribution in [0.2, 0.25) is 0 Å². The molecular weight excluding hydrogens is 261 g/mol. The van der Waals surface area contributed by atoms with E-state index in [-0.39, 0.29) is 23.4 Å². The Balaban J connectivity index is 2.11. The first-order valence-corrected chi connectivity index (χ1v) is 6.64. The van der Waals surface area contributed by atoms with E-state index in [4.69, 9.17) is 9.52 Å². The summed E-state index contributed by atoms with van der Waals surface area (Å²) in [6, 6.07) is 4.61. The summed E-state index contributed by atoms with van der Waals surface area (Å²) >= 11 is 0. The van der Waals surface area contributed by atoms with Gasteiger partial charge in [0.25, 0.3) is 5.91 Å². The molecule has 1 aromatic carbocycles. The zero-order valence-corrected chi connectivity index (χ0v) is 11.6. The van der Waals surface area contributed by atoms with Crippen molar-refractivity contribution in [1.29, 1.82) is 0 Å². The minimum absolute atomic E-state index is 0.110. The number of para-hydroxylation sites is 1. The second-order valence-corrected chi connectivity index (χ2v) is 4.92. The number of rotatable bonds is 5. The number of carbonyl (C=O) groups excluding carboxylic acids is 1. The van der Waals surface area contributed by atoms with Crippen LogP contribution in [0.3, 0.4) is 0 Å². The fourth-order valence-corrected chi connectivity index (χ4v) is 2.11. The number of fused-ring (bicyclic) bond motifs is 1. The van der Waals surface area contributed by atoms with Gasteiger partial charge >= 0.3 is 0 Å². The Morgan fingerprint density at radius 2 is 2.25 bits per heavy atom. The van der Waals surface area contributed by atoms with Crippen molar-refractivity contribution >= 4 is 16.9 Å². The molecule has 5 heteroatoms. The quantitative estimate of drug-likeness (QED) is 0.827. The van der Waals surface area contributed by atoms with Crippen molar-refractivity contribution in [2.24, 2.45) is 0 Å². The summed E-state index contributed by atoms with van der Waals surface area (Å²) in [4.78, 5) is 12.0. The normalized spacial score (nSPS) is 12.6. The number of nitrogens with one attached hydrogen (secondary N) is 1. The van der Waals surface area contributed by atoms with E-state index in [1.807, 2.05) is 0 Å². The maximum absolute atomic E-state index is 13.6. The van der Waals surface area contributed by atoms with Crippen LogP contribution < -0.4 is 5.32 Å². The average molecular weight is 279 g/mol. The van der Waals surface area contributed by atoms with Crippen LogP contribution in [0.1, 0.15) is 35.9 Å². The Labute approximate surface area is 116 Å². The molecule has 20 heavy (non-hydrogen) atoms. The van der Waals surface area contributed by atoms with Crippen molar-refractivity contribution < 1.29 is 18.7 Å². The van der Waals surface area contributed by atoms with E-state index in [2.05, 4.69) is 5.32 Å². The third-order valence-corrected chi connectivity index (χ3v) is 3.21. The van der Waals surface area contributed by atoms with E-state index in [0.717, 1.165) is 0 Å². The molecule has 2 rings (SSSR count). The van der Waals surface area contributed by atoms with Gasteiger partial charge in [-0.3, -0.25) is 4.79 Å². The van der Waals surface area contributed by atoms with Crippen LogP contribution in [0.5, 0.6) is 0 Å². The maximum Gasteiger partial charge on any atom is 0.287 e. The van der Waals surface area contributed by atoms with E-state index in [9.17, 15) is 9.18 Å². The van der Waals surface area contributed by atoms with Crippen LogP contribution in [0.4, 0.5) is 4.39 Å². The van der Waals surface area contributed by atoms with Crippen molar-refractivity contribution in [3.8, 4) is 0 Å². The SMILES string of the molecule is Cc1c(C(=O)NCCCC(C)O)oc2c(F)cccc12. The molecule has 0 saturated heterocycles. The predicted octanol–water partition coefficient (Wildman–Crippen LogP) is 2.77. The van der Waals surface area contributed by atoms with Gasteiger partial charge in [-0.1, -0.05) is 12.1 Å². The smallest absolute Gasteiger partial charge is 0.287 e. The van der Waals surface area contributed by atoms with Crippen molar-refractivity contribution in [3.63, 3.8) is 0 Å². The van der Waals surface area contributed by atoms with Gasteiger partial charge in [0, 0.05) is 17.5 Å². The van der Waals surface area contributed by atoms with Crippen molar-refractivity contribution in [3.05, 3.63) is 35.3 Å². The number of aryl methyl sites for hydroxylation is 1. The van der Waals surface area contributed by atoms with Gasteiger partial charge in [-0.05, 0) is 32.8 Å². The number of halogens is 1. The highest BCUT2D eigenvalue weighted by Gasteiger charge is 2.18. The lowest BCUT2D eigenvalue weighted by Crippen LogP contribution is -2.25. The van der Waals surface area contributed by atoms with Crippen LogP contribution in [0, 0.1) is 12.7 Å². The second-order valence-electron chi connectivity index (χ2n) is 4.92. The number of aliphatic hydroxyl groups excluding tert-OH is 1. The zero-order chi connectivity index (χ0) is 14.7. The molecule has 1 amide bonds. The van der Waals surface area contributed by atoms with Gasteiger partial charge in [-0.15, -0.1) is 0 Å². The number of benzene rings is 1. The van der Waals surface area contributed by atoms with Gasteiger partial charge in [0.05, 0.1) is 6.10 Å². The lowest BCUT2D eigenvalue weighted by molar-refractivity contribution is 0.0923. The summed E-state index contributed by atoms with van der Waals surface area (Å²) in [6.07, 6.45) is 0.916. The van der Waals surface area contributed by atoms with E-state index >= 15 is 0 Å². The third-order valence-electron chi connectivity index (χ3n) is 3.21. The van der Waals surface area contributed by atoms with Crippen LogP contribution >= 0.6 is 0 Å². The second kappa shape index (κ2) is 6.05. The first-order chi connectivity index (χ1) is 9.50. The molecule has 0 saturated carbocycles. The fourth-order valence-electron chi connectivity index (χ4n) is 2.11. The molecule has 108 valence electrons. The summed E-state index contributed by atoms with van der Waals surface area (Å²) in [5.74, 6) is -0.690. The standard InChI is InChI=1S/C15H18FNO3/c1-9(18)5-4-8-17-15(19)13-10(2)11-6-3-7-12(16)14(11)20-13/h3,6-7,9,18H,4-5,8H2,1-2H3,(H,17,19). The van der Waals surface area contributed by atoms with Crippen LogP contribution in [0.15, 0.2) is 22.6 Å². The van der Waals surface area contributed by atoms with E-state index < -0.39 is 5.82 Å². The number of aliphatic hydroxyl groups is 1. The fraction of sp³-hybridized carbons (Fsp3) is 0.400. The highest BCUT2D eigenvalue weighted by molar-refractivity contribution is 5.98. The van der Waals surface area contributed by atoms with Gasteiger partial charge in [0.1, 0.15) is 0 Å². The lowest BCUT2D eigenvalue weighted by Gasteiger charge is -2.05. The average Bonchev–Trinajstić information content (AvgIpc) is 2.74. The molecule has 1 aromatic heterocycles. The number of amides is 1. The van der Waals surface area contributed by atoms with E-state index in [1.165, 1.54) is 6.07 Å². The molecule has 0 aliphatic carbocycles. The van der Waals surface area contributed by atoms with Crippen molar-refractivity contribution in [1.82, 2.24) is 5.32 Å². The van der Waals surface area contributed by atoms with E-state index in [0.29, 0.717) is 30.3 Å². The Kier molecular flexibility index (Phi) is 4.39. The Hall–Kier alpha value is -1.88. The van der Waals surface area contributed by atoms with Gasteiger partial charge in [-0.2, -0.15) is 0 Å². The van der Waals surface area contributed by atoms with Crippen LogP contribution in [-0.4, -0.2) is 23.7 Å². The highest BCUT2D eigenvalue weighted by atomic mass is 19.1. The minimum atomic E-state index is -0.473. The molecule has 1 heterocycles. The Morgan fingerprint density at radius 3 is 2.90 bits per heavy atom. The number of hydrogen-bond donors (Lipinski definition) is 2. The zero-order valence-electron chi connectivity index (χ0n) is 11.6. The molecule has 0 radical (unpaired) electrons. The molecule has 0 bridgehead atoms. The lowest BCUT2D eigenvalue weighted by atomic mass is 10.1. The van der Waals surface area contributed by atoms with Gasteiger partial charge in [0.2, 0.25) is 0 Å².